The van der Waals surface area contributed by atoms with E-state index in [1.807, 2.05) is 4.90 Å². The highest BCUT2D eigenvalue weighted by Gasteiger charge is 2.29. The van der Waals surface area contributed by atoms with E-state index in [0.29, 0.717) is 19.0 Å². The number of aromatic nitrogens is 7. The maximum absolute atomic E-state index is 12.7. The molecule has 0 aliphatic carbocycles. The Morgan fingerprint density at radius 2 is 2.06 bits per heavy atom. The van der Waals surface area contributed by atoms with Gasteiger partial charge < -0.3 is 20.1 Å². The first-order valence-electron chi connectivity index (χ1n) is 10.5. The van der Waals surface area contributed by atoms with Crippen LogP contribution < -0.4 is 15.0 Å². The zero-order valence-electron chi connectivity index (χ0n) is 18.5. The van der Waals surface area contributed by atoms with E-state index in [-0.39, 0.29) is 17.8 Å². The minimum atomic E-state index is -1.08. The first kappa shape index (κ1) is 21.8. The Bertz CT molecular complexity index is 1100. The Balaban J connectivity index is 1.49. The van der Waals surface area contributed by atoms with Crippen LogP contribution >= 0.6 is 0 Å². The Labute approximate surface area is 184 Å². The number of fused-ring (bicyclic) bond motifs is 1. The number of nitrogens with one attached hydrogen (secondary N) is 2. The molecule has 1 atom stereocenters. The Morgan fingerprint density at radius 1 is 1.31 bits per heavy atom. The van der Waals surface area contributed by atoms with Crippen LogP contribution in [0.2, 0.25) is 0 Å². The van der Waals surface area contributed by atoms with Gasteiger partial charge in [-0.25, -0.2) is 9.97 Å². The van der Waals surface area contributed by atoms with Crippen LogP contribution in [0.1, 0.15) is 55.8 Å². The van der Waals surface area contributed by atoms with Crippen molar-refractivity contribution < 1.29 is 14.6 Å². The molecule has 170 valence electrons. The number of piperidine rings is 1. The zero-order valence-corrected chi connectivity index (χ0v) is 18.5. The summed E-state index contributed by atoms with van der Waals surface area (Å²) in [6, 6.07) is -0.432. The molecule has 0 bridgehead atoms. The van der Waals surface area contributed by atoms with Gasteiger partial charge in [0.1, 0.15) is 6.33 Å². The molecule has 3 aromatic heterocycles. The number of H-pyrrole nitrogens is 1. The lowest BCUT2D eigenvalue weighted by atomic mass is 9.92. The average Bonchev–Trinajstić information content (AvgIpc) is 3.22. The van der Waals surface area contributed by atoms with Crippen molar-refractivity contribution in [1.82, 2.24) is 40.4 Å². The van der Waals surface area contributed by atoms with Crippen molar-refractivity contribution in [3.63, 3.8) is 0 Å². The smallest absolute Gasteiger partial charge is 0.321 e. The topological polar surface area (TPSA) is 155 Å². The second kappa shape index (κ2) is 8.61. The van der Waals surface area contributed by atoms with Crippen molar-refractivity contribution in [2.45, 2.75) is 51.2 Å². The van der Waals surface area contributed by atoms with E-state index < -0.39 is 17.6 Å². The molecule has 0 saturated carbocycles. The quantitative estimate of drug-likeness (QED) is 0.500. The largest absolute Gasteiger partial charge is 0.467 e. The van der Waals surface area contributed by atoms with Gasteiger partial charge in [-0.05, 0) is 33.6 Å². The highest BCUT2D eigenvalue weighted by molar-refractivity contribution is 5.91. The van der Waals surface area contributed by atoms with Crippen molar-refractivity contribution in [2.75, 3.05) is 25.1 Å². The molecule has 1 aliphatic heterocycles. The first-order valence-corrected chi connectivity index (χ1v) is 10.5. The third-order valence-electron chi connectivity index (χ3n) is 5.83. The van der Waals surface area contributed by atoms with Gasteiger partial charge in [-0.2, -0.15) is 20.1 Å². The van der Waals surface area contributed by atoms with Crippen LogP contribution in [0, 0.1) is 0 Å². The molecular formula is C20H27N9O3. The number of carbonyl (C=O) groups is 1. The number of nitrogens with zero attached hydrogens (tertiary/aromatic N) is 7. The number of carbonyl (C=O) groups excluding carboxylic acids is 1. The van der Waals surface area contributed by atoms with Gasteiger partial charge in [0.15, 0.2) is 5.65 Å². The summed E-state index contributed by atoms with van der Waals surface area (Å²) in [6.07, 6.45) is 4.95. The standard InChI is InChI=1S/C20H27N9O3/c1-11(20(2,3)31)23-17(30)16-24-18(26-19(25-16)32-4)29-7-5-12(6-8-29)14-13-9-21-10-22-15(13)28-27-14/h9-12,31H,5-8H2,1-4H3,(H,23,30)(H,21,22,27,28). The molecule has 0 radical (unpaired) electrons. The number of ether oxygens (including phenoxy) is 1. The second-order valence-corrected chi connectivity index (χ2v) is 8.45. The van der Waals surface area contributed by atoms with E-state index in [2.05, 4.69) is 40.4 Å². The van der Waals surface area contributed by atoms with Gasteiger partial charge in [-0.15, -0.1) is 0 Å². The fraction of sp³-hybridized carbons (Fsp3) is 0.550. The Kier molecular flexibility index (Phi) is 5.87. The fourth-order valence-electron chi connectivity index (χ4n) is 3.56. The molecule has 0 aromatic carbocycles. The van der Waals surface area contributed by atoms with Crippen LogP contribution in [0.4, 0.5) is 5.95 Å². The molecule has 1 unspecified atom stereocenters. The van der Waals surface area contributed by atoms with Crippen LogP contribution in [0.5, 0.6) is 6.01 Å². The maximum Gasteiger partial charge on any atom is 0.321 e. The summed E-state index contributed by atoms with van der Waals surface area (Å²) >= 11 is 0. The number of aliphatic hydroxyl groups is 1. The van der Waals surface area contributed by atoms with Gasteiger partial charge in [0.05, 0.1) is 29.8 Å². The summed E-state index contributed by atoms with van der Waals surface area (Å²) in [5.74, 6) is 0.0803. The Hall–Kier alpha value is -3.41. The van der Waals surface area contributed by atoms with Crippen molar-refractivity contribution in [3.8, 4) is 6.01 Å². The number of anilines is 1. The average molecular weight is 441 g/mol. The molecule has 12 heteroatoms. The number of hydrogen-bond acceptors (Lipinski definition) is 10. The third kappa shape index (κ3) is 4.44. The molecule has 1 aliphatic rings. The number of amides is 1. The summed E-state index contributed by atoms with van der Waals surface area (Å²) in [7, 11) is 1.44. The minimum absolute atomic E-state index is 0.0551. The molecule has 3 N–H and O–H groups in total. The van der Waals surface area contributed by atoms with E-state index in [1.54, 1.807) is 27.0 Å². The van der Waals surface area contributed by atoms with Gasteiger partial charge >= 0.3 is 6.01 Å². The molecular weight excluding hydrogens is 414 g/mol. The molecule has 1 saturated heterocycles. The minimum Gasteiger partial charge on any atom is -0.467 e. The highest BCUT2D eigenvalue weighted by Crippen LogP contribution is 2.31. The molecule has 1 amide bonds. The molecule has 32 heavy (non-hydrogen) atoms. The number of hydrogen-bond donors (Lipinski definition) is 3. The zero-order chi connectivity index (χ0) is 22.9. The molecule has 3 aromatic rings. The molecule has 4 heterocycles. The van der Waals surface area contributed by atoms with Crippen LogP contribution in [0.25, 0.3) is 11.0 Å². The lowest BCUT2D eigenvalue weighted by Gasteiger charge is -2.31. The van der Waals surface area contributed by atoms with E-state index in [4.69, 9.17) is 4.74 Å². The molecule has 0 spiro atoms. The van der Waals surface area contributed by atoms with Crippen LogP contribution in [0.15, 0.2) is 12.5 Å². The third-order valence-corrected chi connectivity index (χ3v) is 5.83. The van der Waals surface area contributed by atoms with Gasteiger partial charge in [-0.3, -0.25) is 9.89 Å². The van der Waals surface area contributed by atoms with E-state index >= 15 is 0 Å². The lowest BCUT2D eigenvalue weighted by Crippen LogP contribution is -2.47. The van der Waals surface area contributed by atoms with Gasteiger partial charge in [0.25, 0.3) is 5.91 Å². The summed E-state index contributed by atoms with van der Waals surface area (Å²) in [4.78, 5) is 35.8. The summed E-state index contributed by atoms with van der Waals surface area (Å²) in [6.45, 7) is 6.32. The van der Waals surface area contributed by atoms with Gasteiger partial charge in [0.2, 0.25) is 11.8 Å². The summed E-state index contributed by atoms with van der Waals surface area (Å²) in [5.41, 5.74) is 0.614. The predicted octanol–water partition coefficient (Wildman–Crippen LogP) is 0.820. The van der Waals surface area contributed by atoms with Crippen molar-refractivity contribution in [2.24, 2.45) is 0 Å². The SMILES string of the molecule is COc1nc(C(=O)NC(C)C(C)(C)O)nc(N2CCC(c3n[nH]c4ncncc34)CC2)n1. The van der Waals surface area contributed by atoms with E-state index in [9.17, 15) is 9.90 Å². The number of methoxy groups -OCH3 is 1. The fourth-order valence-corrected chi connectivity index (χ4v) is 3.56. The molecule has 1 fully saturated rings. The van der Waals surface area contributed by atoms with Crippen molar-refractivity contribution in [3.05, 3.63) is 24.0 Å². The van der Waals surface area contributed by atoms with E-state index in [1.165, 1.54) is 13.4 Å². The van der Waals surface area contributed by atoms with Crippen molar-refractivity contribution in [1.29, 1.82) is 0 Å². The predicted molar refractivity (Wildman–Crippen MR) is 115 cm³/mol. The summed E-state index contributed by atoms with van der Waals surface area (Å²) in [5, 5.41) is 21.2. The number of aromatic amines is 1. The molecule has 4 rings (SSSR count). The van der Waals surface area contributed by atoms with E-state index in [0.717, 1.165) is 29.6 Å². The summed E-state index contributed by atoms with van der Waals surface area (Å²) < 4.78 is 5.19. The van der Waals surface area contributed by atoms with Crippen LogP contribution in [-0.4, -0.2) is 78.0 Å². The Morgan fingerprint density at radius 3 is 2.75 bits per heavy atom. The van der Waals surface area contributed by atoms with Crippen LogP contribution in [0.3, 0.4) is 0 Å². The lowest BCUT2D eigenvalue weighted by molar-refractivity contribution is 0.0405. The number of rotatable bonds is 6. The van der Waals surface area contributed by atoms with Crippen LogP contribution in [-0.2, 0) is 0 Å². The van der Waals surface area contributed by atoms with Gasteiger partial charge in [0, 0.05) is 25.2 Å². The van der Waals surface area contributed by atoms with Gasteiger partial charge in [-0.1, -0.05) is 0 Å². The highest BCUT2D eigenvalue weighted by atomic mass is 16.5. The normalized spacial score (nSPS) is 16.2. The second-order valence-electron chi connectivity index (χ2n) is 8.45. The van der Waals surface area contributed by atoms with Crippen molar-refractivity contribution >= 4 is 22.9 Å². The monoisotopic (exact) mass is 441 g/mol. The molecule has 12 nitrogen and oxygen atoms in total. The maximum atomic E-state index is 12.7. The first-order chi connectivity index (χ1) is 15.3.